The maximum atomic E-state index is 5.55. The van der Waals surface area contributed by atoms with Gasteiger partial charge in [0.05, 0.1) is 11.4 Å². The average Bonchev–Trinajstić information content (AvgIpc) is 2.16. The summed E-state index contributed by atoms with van der Waals surface area (Å²) in [6, 6.07) is 6.04. The van der Waals surface area contributed by atoms with Crippen molar-refractivity contribution in [1.82, 2.24) is 9.88 Å². The molecule has 0 unspecified atom stereocenters. The summed E-state index contributed by atoms with van der Waals surface area (Å²) in [4.78, 5) is 6.76. The van der Waals surface area contributed by atoms with E-state index < -0.39 is 0 Å². The Balaban J connectivity index is 2.55. The lowest BCUT2D eigenvalue weighted by molar-refractivity contribution is 0.285. The fraction of sp³-hybridized carbons (Fsp3) is 0.583. The molecule has 0 radical (unpaired) electrons. The molecular formula is C12H21N3. The van der Waals surface area contributed by atoms with Crippen LogP contribution in [0.2, 0.25) is 0 Å². The van der Waals surface area contributed by atoms with E-state index >= 15 is 0 Å². The van der Waals surface area contributed by atoms with Crippen molar-refractivity contribution in [3.05, 3.63) is 29.6 Å². The SMILES string of the molecule is CC(C)CN(C)Cc1cccc(CN)n1. The Morgan fingerprint density at radius 3 is 2.60 bits per heavy atom. The topological polar surface area (TPSA) is 42.1 Å². The largest absolute Gasteiger partial charge is 0.325 e. The molecule has 0 bridgehead atoms. The van der Waals surface area contributed by atoms with E-state index in [9.17, 15) is 0 Å². The smallest absolute Gasteiger partial charge is 0.0547 e. The first-order valence-corrected chi connectivity index (χ1v) is 5.45. The molecule has 0 aliphatic rings. The van der Waals surface area contributed by atoms with Gasteiger partial charge in [-0.2, -0.15) is 0 Å². The molecule has 1 rings (SSSR count). The van der Waals surface area contributed by atoms with Crippen LogP contribution in [0.3, 0.4) is 0 Å². The number of hydrogen-bond donors (Lipinski definition) is 1. The van der Waals surface area contributed by atoms with Crippen molar-refractivity contribution in [2.75, 3.05) is 13.6 Å². The summed E-state index contributed by atoms with van der Waals surface area (Å²) in [6.45, 7) is 6.95. The van der Waals surface area contributed by atoms with Crippen LogP contribution in [0.5, 0.6) is 0 Å². The highest BCUT2D eigenvalue weighted by Gasteiger charge is 2.04. The van der Waals surface area contributed by atoms with Gasteiger partial charge in [0.25, 0.3) is 0 Å². The molecule has 0 saturated heterocycles. The molecule has 1 aromatic heterocycles. The van der Waals surface area contributed by atoms with Crippen molar-refractivity contribution < 1.29 is 0 Å². The molecule has 3 heteroatoms. The Morgan fingerprint density at radius 2 is 2.00 bits per heavy atom. The molecule has 0 fully saturated rings. The summed E-state index contributed by atoms with van der Waals surface area (Å²) in [5.41, 5.74) is 7.62. The maximum absolute atomic E-state index is 5.55. The van der Waals surface area contributed by atoms with E-state index in [1.165, 1.54) is 0 Å². The fourth-order valence-corrected chi connectivity index (χ4v) is 1.70. The summed E-state index contributed by atoms with van der Waals surface area (Å²) in [5, 5.41) is 0. The molecule has 0 atom stereocenters. The summed E-state index contributed by atoms with van der Waals surface area (Å²) < 4.78 is 0. The zero-order valence-corrected chi connectivity index (χ0v) is 9.90. The highest BCUT2D eigenvalue weighted by molar-refractivity contribution is 5.10. The number of hydrogen-bond acceptors (Lipinski definition) is 3. The number of rotatable bonds is 5. The molecule has 1 heterocycles. The van der Waals surface area contributed by atoms with Gasteiger partial charge < -0.3 is 10.6 Å². The summed E-state index contributed by atoms with van der Waals surface area (Å²) >= 11 is 0. The minimum absolute atomic E-state index is 0.516. The molecule has 0 amide bonds. The summed E-state index contributed by atoms with van der Waals surface area (Å²) in [6.07, 6.45) is 0. The van der Waals surface area contributed by atoms with Crippen molar-refractivity contribution in [2.45, 2.75) is 26.9 Å². The Bertz CT molecular complexity index is 297. The summed E-state index contributed by atoms with van der Waals surface area (Å²) in [7, 11) is 2.12. The van der Waals surface area contributed by atoms with Crippen LogP contribution in [0.4, 0.5) is 0 Å². The van der Waals surface area contributed by atoms with E-state index in [0.717, 1.165) is 24.5 Å². The van der Waals surface area contributed by atoms with E-state index in [-0.39, 0.29) is 0 Å². The van der Waals surface area contributed by atoms with Crippen LogP contribution in [0, 0.1) is 5.92 Å². The normalized spacial score (nSPS) is 11.3. The first-order chi connectivity index (χ1) is 7.11. The van der Waals surface area contributed by atoms with E-state index in [1.54, 1.807) is 0 Å². The van der Waals surface area contributed by atoms with Gasteiger partial charge in [-0.1, -0.05) is 19.9 Å². The number of aromatic nitrogens is 1. The maximum Gasteiger partial charge on any atom is 0.0547 e. The quantitative estimate of drug-likeness (QED) is 0.798. The Hall–Kier alpha value is -0.930. The first kappa shape index (κ1) is 12.1. The van der Waals surface area contributed by atoms with Crippen molar-refractivity contribution in [3.8, 4) is 0 Å². The lowest BCUT2D eigenvalue weighted by atomic mass is 10.2. The van der Waals surface area contributed by atoms with E-state index in [1.807, 2.05) is 12.1 Å². The van der Waals surface area contributed by atoms with Gasteiger partial charge in [-0.05, 0) is 25.1 Å². The molecule has 3 nitrogen and oxygen atoms in total. The number of pyridine rings is 1. The molecule has 0 aromatic carbocycles. The molecular weight excluding hydrogens is 186 g/mol. The van der Waals surface area contributed by atoms with Crippen LogP contribution >= 0.6 is 0 Å². The van der Waals surface area contributed by atoms with E-state index in [2.05, 4.69) is 36.8 Å². The second-order valence-corrected chi connectivity index (χ2v) is 4.41. The Morgan fingerprint density at radius 1 is 1.33 bits per heavy atom. The van der Waals surface area contributed by atoms with Crippen LogP contribution in [0.15, 0.2) is 18.2 Å². The lowest BCUT2D eigenvalue weighted by Gasteiger charge is -2.18. The van der Waals surface area contributed by atoms with Gasteiger partial charge in [0.15, 0.2) is 0 Å². The van der Waals surface area contributed by atoms with Crippen molar-refractivity contribution in [1.29, 1.82) is 0 Å². The predicted molar refractivity (Wildman–Crippen MR) is 63.3 cm³/mol. The molecule has 0 aliphatic carbocycles. The lowest BCUT2D eigenvalue weighted by Crippen LogP contribution is -2.23. The van der Waals surface area contributed by atoms with Crippen LogP contribution < -0.4 is 5.73 Å². The standard InChI is InChI=1S/C12H21N3/c1-10(2)8-15(3)9-12-6-4-5-11(7-13)14-12/h4-6,10H,7-9,13H2,1-3H3. The Kier molecular flexibility index (Phi) is 4.72. The summed E-state index contributed by atoms with van der Waals surface area (Å²) in [5.74, 6) is 0.688. The predicted octanol–water partition coefficient (Wildman–Crippen LogP) is 1.63. The van der Waals surface area contributed by atoms with Gasteiger partial charge in [0, 0.05) is 19.6 Å². The van der Waals surface area contributed by atoms with Crippen LogP contribution in [0.1, 0.15) is 25.2 Å². The van der Waals surface area contributed by atoms with Gasteiger partial charge in [0.1, 0.15) is 0 Å². The van der Waals surface area contributed by atoms with Gasteiger partial charge >= 0.3 is 0 Å². The molecule has 1 aromatic rings. The molecule has 84 valence electrons. The molecule has 0 aliphatic heterocycles. The van der Waals surface area contributed by atoms with Gasteiger partial charge in [0.2, 0.25) is 0 Å². The minimum atomic E-state index is 0.516. The van der Waals surface area contributed by atoms with Gasteiger partial charge in [-0.15, -0.1) is 0 Å². The number of nitrogens with zero attached hydrogens (tertiary/aromatic N) is 2. The fourth-order valence-electron chi connectivity index (χ4n) is 1.70. The molecule has 2 N–H and O–H groups in total. The Labute approximate surface area is 92.3 Å². The van der Waals surface area contributed by atoms with Crippen LogP contribution in [0.25, 0.3) is 0 Å². The number of nitrogens with two attached hydrogens (primary N) is 1. The van der Waals surface area contributed by atoms with E-state index in [4.69, 9.17) is 5.73 Å². The minimum Gasteiger partial charge on any atom is -0.325 e. The highest BCUT2D eigenvalue weighted by atomic mass is 15.1. The van der Waals surface area contributed by atoms with E-state index in [0.29, 0.717) is 12.5 Å². The first-order valence-electron chi connectivity index (χ1n) is 5.45. The zero-order chi connectivity index (χ0) is 11.3. The molecule has 0 saturated carbocycles. The van der Waals surface area contributed by atoms with Crippen molar-refractivity contribution in [3.63, 3.8) is 0 Å². The third-order valence-electron chi connectivity index (χ3n) is 2.18. The van der Waals surface area contributed by atoms with Gasteiger partial charge in [-0.25, -0.2) is 0 Å². The van der Waals surface area contributed by atoms with Crippen molar-refractivity contribution in [2.24, 2.45) is 11.7 Å². The zero-order valence-electron chi connectivity index (χ0n) is 9.90. The third-order valence-corrected chi connectivity index (χ3v) is 2.18. The van der Waals surface area contributed by atoms with Crippen LogP contribution in [-0.2, 0) is 13.1 Å². The molecule has 15 heavy (non-hydrogen) atoms. The average molecular weight is 207 g/mol. The second-order valence-electron chi connectivity index (χ2n) is 4.41. The molecule has 0 spiro atoms. The van der Waals surface area contributed by atoms with Crippen molar-refractivity contribution >= 4 is 0 Å². The second kappa shape index (κ2) is 5.83. The van der Waals surface area contributed by atoms with Crippen LogP contribution in [-0.4, -0.2) is 23.5 Å². The highest BCUT2D eigenvalue weighted by Crippen LogP contribution is 2.04. The third kappa shape index (κ3) is 4.40. The monoisotopic (exact) mass is 207 g/mol. The van der Waals surface area contributed by atoms with Gasteiger partial charge in [-0.3, -0.25) is 4.98 Å².